The predicted octanol–water partition coefficient (Wildman–Crippen LogP) is 1.19. The van der Waals surface area contributed by atoms with E-state index in [1.165, 1.54) is 51.6 Å². The van der Waals surface area contributed by atoms with Gasteiger partial charge in [-0.1, -0.05) is 12.8 Å². The Kier molecular flexibility index (Phi) is 4.37. The summed E-state index contributed by atoms with van der Waals surface area (Å²) in [6, 6.07) is 3.94. The minimum Gasteiger partial charge on any atom is -0.298 e. The summed E-state index contributed by atoms with van der Waals surface area (Å²) in [6.07, 6.45) is 8.18. The lowest BCUT2D eigenvalue weighted by Crippen LogP contribution is -2.52. The molecule has 0 amide bonds. The molecular weight excluding hydrogens is 236 g/mol. The molecule has 0 radical (unpaired) electrons. The first-order chi connectivity index (χ1) is 9.35. The van der Waals surface area contributed by atoms with Crippen LogP contribution in [0.2, 0.25) is 0 Å². The van der Waals surface area contributed by atoms with Gasteiger partial charge in [-0.3, -0.25) is 15.1 Å². The summed E-state index contributed by atoms with van der Waals surface area (Å²) in [5.41, 5.74) is 0. The first-order valence-electron chi connectivity index (χ1n) is 7.97. The van der Waals surface area contributed by atoms with Gasteiger partial charge in [0.25, 0.3) is 0 Å². The third-order valence-corrected chi connectivity index (χ3v) is 4.86. The van der Waals surface area contributed by atoms with Crippen molar-refractivity contribution < 1.29 is 0 Å². The third-order valence-electron chi connectivity index (χ3n) is 4.86. The van der Waals surface area contributed by atoms with Gasteiger partial charge in [-0.15, -0.1) is 0 Å². The molecule has 2 aliphatic carbocycles. The molecule has 0 aromatic carbocycles. The molecular formula is C15H26N4. The molecule has 0 aromatic heterocycles. The maximum Gasteiger partial charge on any atom is 0.108 e. The van der Waals surface area contributed by atoms with Gasteiger partial charge >= 0.3 is 0 Å². The lowest BCUT2D eigenvalue weighted by molar-refractivity contribution is 0.0948. The topological polar surface area (TPSA) is 42.3 Å². The smallest absolute Gasteiger partial charge is 0.108 e. The number of piperazine rings is 1. The van der Waals surface area contributed by atoms with Gasteiger partial charge in [0, 0.05) is 44.8 Å². The van der Waals surface area contributed by atoms with Gasteiger partial charge in [0.15, 0.2) is 0 Å². The van der Waals surface area contributed by atoms with Crippen LogP contribution < -0.4 is 5.32 Å². The van der Waals surface area contributed by atoms with E-state index in [0.29, 0.717) is 6.04 Å². The van der Waals surface area contributed by atoms with Crippen LogP contribution in [0.5, 0.6) is 0 Å². The molecule has 106 valence electrons. The molecule has 3 aliphatic rings. The Labute approximate surface area is 116 Å². The zero-order valence-corrected chi connectivity index (χ0v) is 11.9. The van der Waals surface area contributed by atoms with Crippen molar-refractivity contribution in [1.29, 1.82) is 5.26 Å². The van der Waals surface area contributed by atoms with E-state index < -0.39 is 0 Å². The molecule has 19 heavy (non-hydrogen) atoms. The normalized spacial score (nSPS) is 28.4. The molecule has 1 saturated heterocycles. The maximum atomic E-state index is 9.21. The minimum atomic E-state index is 0.0329. The fraction of sp³-hybridized carbons (Fsp3) is 0.933. The van der Waals surface area contributed by atoms with E-state index in [1.54, 1.807) is 0 Å². The second kappa shape index (κ2) is 6.21. The predicted molar refractivity (Wildman–Crippen MR) is 75.8 cm³/mol. The molecule has 0 bridgehead atoms. The van der Waals surface area contributed by atoms with Crippen LogP contribution in [0.25, 0.3) is 0 Å². The van der Waals surface area contributed by atoms with Crippen molar-refractivity contribution in [2.45, 2.75) is 56.7 Å². The summed E-state index contributed by atoms with van der Waals surface area (Å²) in [5.74, 6) is 0. The molecule has 4 heteroatoms. The van der Waals surface area contributed by atoms with Crippen molar-refractivity contribution in [1.82, 2.24) is 15.1 Å². The Hall–Kier alpha value is -0.630. The highest BCUT2D eigenvalue weighted by Gasteiger charge is 2.29. The number of nitriles is 1. The fourth-order valence-corrected chi connectivity index (χ4v) is 3.50. The van der Waals surface area contributed by atoms with Crippen molar-refractivity contribution in [3.05, 3.63) is 0 Å². The molecule has 0 aromatic rings. The van der Waals surface area contributed by atoms with Gasteiger partial charge in [0.1, 0.15) is 6.04 Å². The second-order valence-corrected chi connectivity index (χ2v) is 6.40. The Morgan fingerprint density at radius 1 is 1.05 bits per heavy atom. The van der Waals surface area contributed by atoms with Gasteiger partial charge in [0.2, 0.25) is 0 Å². The van der Waals surface area contributed by atoms with Crippen LogP contribution in [-0.2, 0) is 0 Å². The molecule has 3 fully saturated rings. The molecule has 2 saturated carbocycles. The zero-order chi connectivity index (χ0) is 13.1. The summed E-state index contributed by atoms with van der Waals surface area (Å²) in [6.45, 7) is 5.59. The van der Waals surface area contributed by atoms with E-state index >= 15 is 0 Å². The quantitative estimate of drug-likeness (QED) is 0.808. The lowest BCUT2D eigenvalue weighted by Gasteiger charge is -2.38. The zero-order valence-electron chi connectivity index (χ0n) is 11.9. The molecule has 1 atom stereocenters. The van der Waals surface area contributed by atoms with Crippen LogP contribution >= 0.6 is 0 Å². The summed E-state index contributed by atoms with van der Waals surface area (Å²) in [5, 5.41) is 12.6. The van der Waals surface area contributed by atoms with Crippen molar-refractivity contribution in [3.8, 4) is 6.07 Å². The van der Waals surface area contributed by atoms with E-state index in [-0.39, 0.29) is 6.04 Å². The Morgan fingerprint density at radius 2 is 1.74 bits per heavy atom. The number of hydrogen-bond acceptors (Lipinski definition) is 4. The van der Waals surface area contributed by atoms with Gasteiger partial charge in [-0.2, -0.15) is 5.26 Å². The van der Waals surface area contributed by atoms with Crippen molar-refractivity contribution in [2.24, 2.45) is 0 Å². The first-order valence-corrected chi connectivity index (χ1v) is 7.97. The first kappa shape index (κ1) is 13.4. The average Bonchev–Trinajstić information content (AvgIpc) is 3.09. The molecule has 1 N–H and O–H groups in total. The second-order valence-electron chi connectivity index (χ2n) is 6.40. The fourth-order valence-electron chi connectivity index (χ4n) is 3.50. The lowest BCUT2D eigenvalue weighted by atomic mass is 10.1. The van der Waals surface area contributed by atoms with E-state index in [4.69, 9.17) is 0 Å². The van der Waals surface area contributed by atoms with Gasteiger partial charge < -0.3 is 0 Å². The van der Waals surface area contributed by atoms with Crippen LogP contribution in [0.1, 0.15) is 38.5 Å². The Morgan fingerprint density at radius 3 is 2.32 bits per heavy atom. The average molecular weight is 262 g/mol. The monoisotopic (exact) mass is 262 g/mol. The Balaban J connectivity index is 1.40. The largest absolute Gasteiger partial charge is 0.298 e. The number of nitrogens with zero attached hydrogens (tertiary/aromatic N) is 3. The SMILES string of the molecule is N#CC(CN1CCN(C2CCCC2)CC1)NC1CC1. The van der Waals surface area contributed by atoms with E-state index in [1.807, 2.05) is 0 Å². The molecule has 1 heterocycles. The van der Waals surface area contributed by atoms with Gasteiger partial charge in [-0.05, 0) is 25.7 Å². The summed E-state index contributed by atoms with van der Waals surface area (Å²) >= 11 is 0. The third kappa shape index (κ3) is 3.68. The van der Waals surface area contributed by atoms with Crippen LogP contribution in [0.3, 0.4) is 0 Å². The highest BCUT2D eigenvalue weighted by Crippen LogP contribution is 2.24. The molecule has 3 rings (SSSR count). The van der Waals surface area contributed by atoms with Crippen LogP contribution in [-0.4, -0.2) is 60.6 Å². The van der Waals surface area contributed by atoms with E-state index in [9.17, 15) is 5.26 Å². The standard InChI is InChI=1S/C15H26N4/c16-11-14(17-13-5-6-13)12-18-7-9-19(10-8-18)15-3-1-2-4-15/h13-15,17H,1-10,12H2. The van der Waals surface area contributed by atoms with Crippen LogP contribution in [0.15, 0.2) is 0 Å². The van der Waals surface area contributed by atoms with Crippen LogP contribution in [0, 0.1) is 11.3 Å². The Bertz CT molecular complexity index is 320. The summed E-state index contributed by atoms with van der Waals surface area (Å²) in [7, 11) is 0. The summed E-state index contributed by atoms with van der Waals surface area (Å²) in [4.78, 5) is 5.15. The van der Waals surface area contributed by atoms with Crippen LogP contribution in [0.4, 0.5) is 0 Å². The minimum absolute atomic E-state index is 0.0329. The van der Waals surface area contributed by atoms with Crippen molar-refractivity contribution in [3.63, 3.8) is 0 Å². The van der Waals surface area contributed by atoms with E-state index in [2.05, 4.69) is 21.2 Å². The van der Waals surface area contributed by atoms with E-state index in [0.717, 1.165) is 25.7 Å². The molecule has 1 unspecified atom stereocenters. The highest BCUT2D eigenvalue weighted by molar-refractivity contribution is 4.98. The van der Waals surface area contributed by atoms with Gasteiger partial charge in [-0.25, -0.2) is 0 Å². The molecule has 4 nitrogen and oxygen atoms in total. The highest BCUT2D eigenvalue weighted by atomic mass is 15.3. The molecule has 0 spiro atoms. The van der Waals surface area contributed by atoms with Crippen molar-refractivity contribution >= 4 is 0 Å². The number of rotatable bonds is 5. The van der Waals surface area contributed by atoms with Gasteiger partial charge in [0.05, 0.1) is 6.07 Å². The number of hydrogen-bond donors (Lipinski definition) is 1. The number of nitrogens with one attached hydrogen (secondary N) is 1. The summed E-state index contributed by atoms with van der Waals surface area (Å²) < 4.78 is 0. The maximum absolute atomic E-state index is 9.21. The van der Waals surface area contributed by atoms with Crippen molar-refractivity contribution in [2.75, 3.05) is 32.7 Å². The molecule has 1 aliphatic heterocycles.